The third-order valence-electron chi connectivity index (χ3n) is 4.31. The second kappa shape index (κ2) is 7.46. The van der Waals surface area contributed by atoms with E-state index in [4.69, 9.17) is 11.6 Å². The minimum Gasteiger partial charge on any atom is -0.308 e. The first kappa shape index (κ1) is 15.8. The lowest BCUT2D eigenvalue weighted by Crippen LogP contribution is -2.32. The van der Waals surface area contributed by atoms with Gasteiger partial charge in [-0.3, -0.25) is 4.68 Å². The van der Waals surface area contributed by atoms with Crippen molar-refractivity contribution in [3.63, 3.8) is 0 Å². The van der Waals surface area contributed by atoms with E-state index in [2.05, 4.69) is 35.9 Å². The summed E-state index contributed by atoms with van der Waals surface area (Å²) in [5, 5.41) is 9.03. The zero-order valence-corrected chi connectivity index (χ0v) is 13.8. The standard InChI is InChI=1S/C16H28ClN3/c1-4-10-18-15(13-8-6-5-7-9-13)16-14(17)11-19-20(16)12(2)3/h11-13,15,18H,4-10H2,1-3H3. The summed E-state index contributed by atoms with van der Waals surface area (Å²) in [7, 11) is 0. The largest absolute Gasteiger partial charge is 0.308 e. The minimum atomic E-state index is 0.354. The maximum Gasteiger partial charge on any atom is 0.0834 e. The van der Waals surface area contributed by atoms with Crippen LogP contribution >= 0.6 is 11.6 Å². The third kappa shape index (κ3) is 3.56. The molecule has 1 atom stereocenters. The van der Waals surface area contributed by atoms with Crippen molar-refractivity contribution in [2.24, 2.45) is 5.92 Å². The predicted molar refractivity (Wildman–Crippen MR) is 85.2 cm³/mol. The first-order chi connectivity index (χ1) is 9.65. The fourth-order valence-corrected chi connectivity index (χ4v) is 3.55. The van der Waals surface area contributed by atoms with Crippen LogP contribution < -0.4 is 5.32 Å². The highest BCUT2D eigenvalue weighted by atomic mass is 35.5. The van der Waals surface area contributed by atoms with Crippen LogP contribution in [0.2, 0.25) is 5.02 Å². The van der Waals surface area contributed by atoms with E-state index in [-0.39, 0.29) is 0 Å². The topological polar surface area (TPSA) is 29.9 Å². The summed E-state index contributed by atoms with van der Waals surface area (Å²) in [6.07, 6.45) is 9.65. The molecule has 1 aromatic rings. The fraction of sp³-hybridized carbons (Fsp3) is 0.812. The molecule has 0 spiro atoms. The Labute approximate surface area is 128 Å². The zero-order valence-electron chi connectivity index (χ0n) is 13.0. The van der Waals surface area contributed by atoms with Gasteiger partial charge in [0.2, 0.25) is 0 Å². The first-order valence-corrected chi connectivity index (χ1v) is 8.49. The third-order valence-corrected chi connectivity index (χ3v) is 4.60. The van der Waals surface area contributed by atoms with Gasteiger partial charge >= 0.3 is 0 Å². The molecule has 2 rings (SSSR count). The first-order valence-electron chi connectivity index (χ1n) is 8.11. The molecule has 1 aliphatic rings. The molecule has 114 valence electrons. The van der Waals surface area contributed by atoms with E-state index >= 15 is 0 Å². The summed E-state index contributed by atoms with van der Waals surface area (Å²) in [6, 6.07) is 0.708. The molecule has 0 radical (unpaired) electrons. The Morgan fingerprint density at radius 2 is 2.05 bits per heavy atom. The zero-order chi connectivity index (χ0) is 14.5. The van der Waals surface area contributed by atoms with Gasteiger partial charge in [-0.25, -0.2) is 0 Å². The van der Waals surface area contributed by atoms with Gasteiger partial charge in [0, 0.05) is 6.04 Å². The molecule has 1 heterocycles. The average molecular weight is 298 g/mol. The molecular weight excluding hydrogens is 270 g/mol. The number of hydrogen-bond donors (Lipinski definition) is 1. The molecule has 1 unspecified atom stereocenters. The molecule has 0 aromatic carbocycles. The lowest BCUT2D eigenvalue weighted by Gasteiger charge is -2.32. The van der Waals surface area contributed by atoms with Gasteiger partial charge in [0.15, 0.2) is 0 Å². The van der Waals surface area contributed by atoms with E-state index in [1.165, 1.54) is 37.8 Å². The highest BCUT2D eigenvalue weighted by molar-refractivity contribution is 6.31. The Hall–Kier alpha value is -0.540. The van der Waals surface area contributed by atoms with Crippen molar-refractivity contribution < 1.29 is 0 Å². The maximum absolute atomic E-state index is 6.46. The van der Waals surface area contributed by atoms with Crippen molar-refractivity contribution in [3.05, 3.63) is 16.9 Å². The number of hydrogen-bond acceptors (Lipinski definition) is 2. The van der Waals surface area contributed by atoms with E-state index < -0.39 is 0 Å². The Bertz CT molecular complexity index is 408. The van der Waals surface area contributed by atoms with Crippen LogP contribution in [-0.4, -0.2) is 16.3 Å². The van der Waals surface area contributed by atoms with Crippen molar-refractivity contribution in [3.8, 4) is 0 Å². The molecule has 1 saturated carbocycles. The number of nitrogens with zero attached hydrogens (tertiary/aromatic N) is 2. The van der Waals surface area contributed by atoms with Crippen LogP contribution in [0.1, 0.15) is 77.1 Å². The van der Waals surface area contributed by atoms with Gasteiger partial charge in [-0.15, -0.1) is 0 Å². The van der Waals surface area contributed by atoms with Crippen molar-refractivity contribution in [1.82, 2.24) is 15.1 Å². The molecule has 1 aromatic heterocycles. The van der Waals surface area contributed by atoms with Crippen LogP contribution in [0.15, 0.2) is 6.20 Å². The van der Waals surface area contributed by atoms with Gasteiger partial charge in [-0.1, -0.05) is 37.8 Å². The smallest absolute Gasteiger partial charge is 0.0834 e. The van der Waals surface area contributed by atoms with Gasteiger partial charge in [0.05, 0.1) is 23.0 Å². The molecule has 0 bridgehead atoms. The molecule has 3 nitrogen and oxygen atoms in total. The second-order valence-corrected chi connectivity index (χ2v) is 6.65. The van der Waals surface area contributed by atoms with E-state index in [1.54, 1.807) is 6.20 Å². The quantitative estimate of drug-likeness (QED) is 0.822. The van der Waals surface area contributed by atoms with Crippen LogP contribution in [0.4, 0.5) is 0 Å². The summed E-state index contributed by atoms with van der Waals surface area (Å²) >= 11 is 6.46. The Morgan fingerprint density at radius 3 is 2.65 bits per heavy atom. The Balaban J connectivity index is 2.27. The van der Waals surface area contributed by atoms with Crippen LogP contribution in [0.5, 0.6) is 0 Å². The minimum absolute atomic E-state index is 0.354. The van der Waals surface area contributed by atoms with Crippen molar-refractivity contribution in [1.29, 1.82) is 0 Å². The molecule has 4 heteroatoms. The highest BCUT2D eigenvalue weighted by Crippen LogP contribution is 2.37. The average Bonchev–Trinajstić information content (AvgIpc) is 2.83. The number of halogens is 1. The fourth-order valence-electron chi connectivity index (χ4n) is 3.31. The number of aromatic nitrogens is 2. The predicted octanol–water partition coefficient (Wildman–Crippen LogP) is 4.74. The van der Waals surface area contributed by atoms with E-state index in [9.17, 15) is 0 Å². The Morgan fingerprint density at radius 1 is 1.35 bits per heavy atom. The van der Waals surface area contributed by atoms with Crippen molar-refractivity contribution >= 4 is 11.6 Å². The van der Waals surface area contributed by atoms with Crippen LogP contribution in [0.3, 0.4) is 0 Å². The maximum atomic E-state index is 6.46. The number of rotatable bonds is 6. The second-order valence-electron chi connectivity index (χ2n) is 6.25. The molecule has 1 fully saturated rings. The van der Waals surface area contributed by atoms with Gasteiger partial charge in [0.25, 0.3) is 0 Å². The molecule has 0 aliphatic heterocycles. The monoisotopic (exact) mass is 297 g/mol. The molecular formula is C16H28ClN3. The van der Waals surface area contributed by atoms with Gasteiger partial charge < -0.3 is 5.32 Å². The van der Waals surface area contributed by atoms with Crippen LogP contribution in [-0.2, 0) is 0 Å². The lowest BCUT2D eigenvalue weighted by atomic mass is 9.82. The van der Waals surface area contributed by atoms with Crippen LogP contribution in [0.25, 0.3) is 0 Å². The summed E-state index contributed by atoms with van der Waals surface area (Å²) < 4.78 is 2.10. The summed E-state index contributed by atoms with van der Waals surface area (Å²) in [6.45, 7) is 7.60. The molecule has 0 saturated heterocycles. The molecule has 1 N–H and O–H groups in total. The normalized spacial score (nSPS) is 18.6. The van der Waals surface area contributed by atoms with Gasteiger partial charge in [0.1, 0.15) is 0 Å². The number of nitrogens with one attached hydrogen (secondary N) is 1. The Kier molecular flexibility index (Phi) is 5.91. The van der Waals surface area contributed by atoms with E-state index in [0.717, 1.165) is 18.0 Å². The highest BCUT2D eigenvalue weighted by Gasteiger charge is 2.29. The summed E-state index contributed by atoms with van der Waals surface area (Å²) in [5.74, 6) is 0.696. The van der Waals surface area contributed by atoms with Crippen molar-refractivity contribution in [2.45, 2.75) is 71.4 Å². The molecule has 20 heavy (non-hydrogen) atoms. The van der Waals surface area contributed by atoms with E-state index in [1.807, 2.05) is 0 Å². The van der Waals surface area contributed by atoms with E-state index in [0.29, 0.717) is 18.0 Å². The van der Waals surface area contributed by atoms with Gasteiger partial charge in [-0.05, 0) is 45.6 Å². The van der Waals surface area contributed by atoms with Gasteiger partial charge in [-0.2, -0.15) is 5.10 Å². The summed E-state index contributed by atoms with van der Waals surface area (Å²) in [4.78, 5) is 0. The molecule has 0 amide bonds. The molecule has 1 aliphatic carbocycles. The summed E-state index contributed by atoms with van der Waals surface area (Å²) in [5.41, 5.74) is 1.20. The van der Waals surface area contributed by atoms with Crippen LogP contribution in [0, 0.1) is 5.92 Å². The lowest BCUT2D eigenvalue weighted by molar-refractivity contribution is 0.258. The van der Waals surface area contributed by atoms with Crippen molar-refractivity contribution in [2.75, 3.05) is 6.54 Å². The SMILES string of the molecule is CCCNC(c1c(Cl)cnn1C(C)C)C1CCCCC1.